The summed E-state index contributed by atoms with van der Waals surface area (Å²) in [4.78, 5) is 32.2. The van der Waals surface area contributed by atoms with Gasteiger partial charge in [-0.2, -0.15) is 0 Å². The fourth-order valence-corrected chi connectivity index (χ4v) is 1.52. The highest BCUT2D eigenvalue weighted by Crippen LogP contribution is 2.15. The van der Waals surface area contributed by atoms with Crippen LogP contribution in [0.1, 0.15) is 23.8 Å². The molecule has 18 heavy (non-hydrogen) atoms. The van der Waals surface area contributed by atoms with E-state index < -0.39 is 22.8 Å². The Balaban J connectivity index is 2.79. The van der Waals surface area contributed by atoms with Gasteiger partial charge in [-0.1, -0.05) is 0 Å². The second kappa shape index (κ2) is 5.30. The van der Waals surface area contributed by atoms with Crippen molar-refractivity contribution in [1.82, 2.24) is 9.88 Å². The van der Waals surface area contributed by atoms with Gasteiger partial charge in [0.2, 0.25) is 0 Å². The van der Waals surface area contributed by atoms with Crippen LogP contribution >= 0.6 is 0 Å². The second-order valence-corrected chi connectivity index (χ2v) is 3.87. The lowest BCUT2D eigenvalue weighted by molar-refractivity contribution is -0.391. The summed E-state index contributed by atoms with van der Waals surface area (Å²) in [6.07, 6.45) is -0.210. The van der Waals surface area contributed by atoms with E-state index in [-0.39, 0.29) is 17.9 Å². The molecule has 0 aliphatic heterocycles. The summed E-state index contributed by atoms with van der Waals surface area (Å²) < 4.78 is 1.14. The summed E-state index contributed by atoms with van der Waals surface area (Å²) in [5.41, 5.74) is 0.110. The number of rotatable bonds is 5. The second-order valence-electron chi connectivity index (χ2n) is 3.87. The lowest BCUT2D eigenvalue weighted by Crippen LogP contribution is -2.35. The molecule has 98 valence electrons. The SMILES string of the molecule is CC(CC(=O)O)NC(=O)c1ccc([N+](=O)[O-])n1C. The zero-order valence-corrected chi connectivity index (χ0v) is 9.91. The molecule has 8 nitrogen and oxygen atoms in total. The van der Waals surface area contributed by atoms with Gasteiger partial charge in [0, 0.05) is 12.1 Å². The molecule has 1 amide bonds. The normalized spacial score (nSPS) is 11.9. The first-order valence-corrected chi connectivity index (χ1v) is 5.15. The smallest absolute Gasteiger partial charge is 0.323 e. The Morgan fingerprint density at radius 3 is 2.61 bits per heavy atom. The van der Waals surface area contributed by atoms with Gasteiger partial charge in [0.1, 0.15) is 0 Å². The third kappa shape index (κ3) is 3.06. The van der Waals surface area contributed by atoms with Crippen LogP contribution in [0.4, 0.5) is 5.82 Å². The summed E-state index contributed by atoms with van der Waals surface area (Å²) in [5, 5.41) is 21.6. The molecule has 0 spiro atoms. The lowest BCUT2D eigenvalue weighted by atomic mass is 10.2. The Morgan fingerprint density at radius 1 is 1.56 bits per heavy atom. The molecule has 0 aliphatic rings. The summed E-state index contributed by atoms with van der Waals surface area (Å²) in [7, 11) is 1.40. The maximum atomic E-state index is 11.7. The van der Waals surface area contributed by atoms with E-state index in [1.807, 2.05) is 0 Å². The third-order valence-corrected chi connectivity index (χ3v) is 2.37. The van der Waals surface area contributed by atoms with E-state index in [0.717, 1.165) is 4.57 Å². The van der Waals surface area contributed by atoms with Crippen LogP contribution in [0.25, 0.3) is 0 Å². The molecule has 0 aliphatic carbocycles. The average molecular weight is 255 g/mol. The van der Waals surface area contributed by atoms with E-state index in [9.17, 15) is 19.7 Å². The maximum absolute atomic E-state index is 11.7. The molecule has 1 unspecified atom stereocenters. The minimum atomic E-state index is -1.03. The van der Waals surface area contributed by atoms with Gasteiger partial charge in [-0.15, -0.1) is 0 Å². The molecule has 2 N–H and O–H groups in total. The topological polar surface area (TPSA) is 114 Å². The summed E-state index contributed by atoms with van der Waals surface area (Å²) in [6.45, 7) is 1.55. The lowest BCUT2D eigenvalue weighted by Gasteiger charge is -2.10. The molecule has 0 aromatic carbocycles. The van der Waals surface area contributed by atoms with Crippen molar-refractivity contribution in [3.63, 3.8) is 0 Å². The maximum Gasteiger partial charge on any atom is 0.323 e. The monoisotopic (exact) mass is 255 g/mol. The Kier molecular flexibility index (Phi) is 4.03. The van der Waals surface area contributed by atoms with Gasteiger partial charge in [-0.25, -0.2) is 4.57 Å². The van der Waals surface area contributed by atoms with E-state index in [0.29, 0.717) is 0 Å². The predicted octanol–water partition coefficient (Wildman–Crippen LogP) is 0.526. The van der Waals surface area contributed by atoms with E-state index in [1.165, 1.54) is 19.2 Å². The highest BCUT2D eigenvalue weighted by atomic mass is 16.6. The van der Waals surface area contributed by atoms with Crippen molar-refractivity contribution in [2.75, 3.05) is 0 Å². The molecule has 1 heterocycles. The van der Waals surface area contributed by atoms with Crippen molar-refractivity contribution >= 4 is 17.7 Å². The number of nitro groups is 1. The fourth-order valence-electron chi connectivity index (χ4n) is 1.52. The molecular formula is C10H13N3O5. The number of carboxylic acids is 1. The van der Waals surface area contributed by atoms with Gasteiger partial charge >= 0.3 is 11.8 Å². The van der Waals surface area contributed by atoms with Crippen molar-refractivity contribution in [2.24, 2.45) is 7.05 Å². The minimum absolute atomic E-state index is 0.110. The summed E-state index contributed by atoms with van der Waals surface area (Å²) >= 11 is 0. The van der Waals surface area contributed by atoms with E-state index in [1.54, 1.807) is 6.92 Å². The summed E-state index contributed by atoms with van der Waals surface area (Å²) in [6, 6.07) is 1.99. The first kappa shape index (κ1) is 13.7. The predicted molar refractivity (Wildman–Crippen MR) is 61.2 cm³/mol. The van der Waals surface area contributed by atoms with Crippen LogP contribution < -0.4 is 5.32 Å². The van der Waals surface area contributed by atoms with E-state index in [2.05, 4.69) is 5.32 Å². The van der Waals surface area contributed by atoms with Crippen LogP contribution in [0.15, 0.2) is 12.1 Å². The highest BCUT2D eigenvalue weighted by molar-refractivity contribution is 5.93. The van der Waals surface area contributed by atoms with Gasteiger partial charge in [0.25, 0.3) is 5.91 Å². The molecule has 0 bridgehead atoms. The number of hydrogen-bond acceptors (Lipinski definition) is 4. The number of aromatic nitrogens is 1. The molecule has 1 atom stereocenters. The van der Waals surface area contributed by atoms with Crippen molar-refractivity contribution < 1.29 is 19.6 Å². The Labute approximate surface area is 102 Å². The number of nitrogens with one attached hydrogen (secondary N) is 1. The Morgan fingerprint density at radius 2 is 2.17 bits per heavy atom. The molecule has 1 rings (SSSR count). The zero-order chi connectivity index (χ0) is 13.9. The number of amides is 1. The van der Waals surface area contributed by atoms with Crippen LogP contribution in [0.3, 0.4) is 0 Å². The van der Waals surface area contributed by atoms with Crippen LogP contribution in [0.2, 0.25) is 0 Å². The quantitative estimate of drug-likeness (QED) is 0.588. The number of carbonyl (C=O) groups excluding carboxylic acids is 1. The van der Waals surface area contributed by atoms with E-state index in [4.69, 9.17) is 5.11 Å². The number of carboxylic acid groups (broad SMARTS) is 1. The molecule has 0 saturated carbocycles. The van der Waals surface area contributed by atoms with Crippen LogP contribution in [-0.4, -0.2) is 32.5 Å². The zero-order valence-electron chi connectivity index (χ0n) is 9.91. The van der Waals surface area contributed by atoms with Crippen molar-refractivity contribution in [3.05, 3.63) is 27.9 Å². The molecule has 1 aromatic rings. The fraction of sp³-hybridized carbons (Fsp3) is 0.400. The number of aliphatic carboxylic acids is 1. The molecule has 0 fully saturated rings. The van der Waals surface area contributed by atoms with Crippen LogP contribution in [0.5, 0.6) is 0 Å². The van der Waals surface area contributed by atoms with Gasteiger partial charge in [0.05, 0.1) is 13.5 Å². The molecule has 0 saturated heterocycles. The standard InChI is InChI=1S/C10H13N3O5/c1-6(5-9(14)15)11-10(16)7-3-4-8(12(7)2)13(17)18/h3-4,6H,5H2,1-2H3,(H,11,16)(H,14,15). The molecule has 1 aromatic heterocycles. The molecule has 8 heteroatoms. The number of hydrogen-bond donors (Lipinski definition) is 2. The van der Waals surface area contributed by atoms with Gasteiger partial charge < -0.3 is 20.5 Å². The summed E-state index contributed by atoms with van der Waals surface area (Å²) in [5.74, 6) is -1.77. The van der Waals surface area contributed by atoms with Crippen molar-refractivity contribution in [2.45, 2.75) is 19.4 Å². The van der Waals surface area contributed by atoms with Crippen LogP contribution in [-0.2, 0) is 11.8 Å². The highest BCUT2D eigenvalue weighted by Gasteiger charge is 2.22. The molecular weight excluding hydrogens is 242 g/mol. The van der Waals surface area contributed by atoms with Crippen LogP contribution in [0, 0.1) is 10.1 Å². The van der Waals surface area contributed by atoms with Gasteiger partial charge in [-0.05, 0) is 17.9 Å². The average Bonchev–Trinajstić information content (AvgIpc) is 2.58. The Bertz CT molecular complexity index is 494. The number of carbonyl (C=O) groups is 2. The number of nitrogens with zero attached hydrogens (tertiary/aromatic N) is 2. The van der Waals surface area contributed by atoms with Gasteiger partial charge in [0.15, 0.2) is 5.69 Å². The van der Waals surface area contributed by atoms with Crippen molar-refractivity contribution in [1.29, 1.82) is 0 Å². The first-order chi connectivity index (χ1) is 8.32. The molecule has 0 radical (unpaired) electrons. The minimum Gasteiger partial charge on any atom is -0.481 e. The van der Waals surface area contributed by atoms with E-state index >= 15 is 0 Å². The Hall–Kier alpha value is -2.38. The van der Waals surface area contributed by atoms with Crippen molar-refractivity contribution in [3.8, 4) is 0 Å². The first-order valence-electron chi connectivity index (χ1n) is 5.15. The van der Waals surface area contributed by atoms with Gasteiger partial charge in [-0.3, -0.25) is 9.59 Å². The largest absolute Gasteiger partial charge is 0.481 e. The third-order valence-electron chi connectivity index (χ3n) is 2.37.